The first-order chi connectivity index (χ1) is 9.17. The highest BCUT2D eigenvalue weighted by Crippen LogP contribution is 2.39. The molecule has 1 saturated carbocycles. The molecule has 2 fully saturated rings. The Hall–Kier alpha value is 1.92. The minimum absolute atomic E-state index is 0.437. The van der Waals surface area contributed by atoms with Crippen molar-refractivity contribution >= 4 is 77.9 Å². The normalized spacial score (nSPS) is 44.4. The topological polar surface area (TPSA) is 9.23 Å². The molecule has 0 radical (unpaired) electrons. The molecular weight excluding hydrogens is 401 g/mol. The first-order valence-corrected chi connectivity index (χ1v) is 12.4. The highest BCUT2D eigenvalue weighted by molar-refractivity contribution is 6.71. The number of hydrogen-bond acceptors (Lipinski definition) is 1. The summed E-state index contributed by atoms with van der Waals surface area (Å²) in [6, 6.07) is 1.37. The van der Waals surface area contributed by atoms with Crippen molar-refractivity contribution in [3.05, 3.63) is 0 Å². The van der Waals surface area contributed by atoms with Crippen LogP contribution in [0.15, 0.2) is 0 Å². The third-order valence-corrected chi connectivity index (χ3v) is 10.1. The first kappa shape index (κ1) is 20.0. The van der Waals surface area contributed by atoms with Crippen molar-refractivity contribution in [1.82, 2.24) is 0 Å². The van der Waals surface area contributed by atoms with Crippen LogP contribution in [0.4, 0.5) is 0 Å². The molecule has 0 N–H and O–H groups in total. The molecule has 1 nitrogen and oxygen atoms in total. The van der Waals surface area contributed by atoms with E-state index in [1.807, 2.05) is 0 Å². The highest BCUT2D eigenvalue weighted by atomic mass is 35.5. The first-order valence-electron chi connectivity index (χ1n) is 6.66. The monoisotopic (exact) mass is 418 g/mol. The Morgan fingerprint density at radius 1 is 0.700 bits per heavy atom. The van der Waals surface area contributed by atoms with Gasteiger partial charge in [-0.1, -0.05) is 6.42 Å². The van der Waals surface area contributed by atoms with Gasteiger partial charge in [0.15, 0.2) is 8.32 Å². The van der Waals surface area contributed by atoms with Crippen LogP contribution in [0.1, 0.15) is 12.8 Å². The molecule has 0 aromatic rings. The zero-order valence-corrected chi connectivity index (χ0v) is 17.0. The fourth-order valence-corrected chi connectivity index (χ4v) is 6.40. The van der Waals surface area contributed by atoms with Gasteiger partial charge in [0, 0.05) is 6.61 Å². The summed E-state index contributed by atoms with van der Waals surface area (Å²) in [5, 5.41) is -2.62. The molecular formula is C12H20Cl6OSi. The molecule has 0 aromatic carbocycles. The fourth-order valence-electron chi connectivity index (χ4n) is 2.13. The summed E-state index contributed by atoms with van der Waals surface area (Å²) in [4.78, 5) is 0. The second-order valence-corrected chi connectivity index (χ2v) is 13.1. The second kappa shape index (κ2) is 8.68. The maximum Gasteiger partial charge on any atom is 0.186 e. The maximum absolute atomic E-state index is 5.88. The summed E-state index contributed by atoms with van der Waals surface area (Å²) in [6.45, 7) is 5.62. The van der Waals surface area contributed by atoms with E-state index >= 15 is 0 Å². The molecule has 1 aliphatic carbocycles. The van der Waals surface area contributed by atoms with Gasteiger partial charge in [0.25, 0.3) is 0 Å². The van der Waals surface area contributed by atoms with E-state index in [0.717, 1.165) is 6.61 Å². The van der Waals surface area contributed by atoms with Crippen LogP contribution < -0.4 is 0 Å². The van der Waals surface area contributed by atoms with Gasteiger partial charge in [-0.3, -0.25) is 0 Å². The molecule has 0 aromatic heterocycles. The molecule has 0 atom stereocenters. The zero-order chi connectivity index (χ0) is 15.5. The second-order valence-electron chi connectivity index (χ2n) is 5.73. The number of hydrogen-bond donors (Lipinski definition) is 0. The molecule has 2 aliphatic rings. The van der Waals surface area contributed by atoms with Crippen molar-refractivity contribution in [3.8, 4) is 0 Å². The minimum Gasteiger partial charge on any atom is -0.417 e. The number of rotatable bonds is 0. The van der Waals surface area contributed by atoms with E-state index in [1.165, 1.54) is 18.9 Å². The van der Waals surface area contributed by atoms with Crippen molar-refractivity contribution in [1.29, 1.82) is 0 Å². The summed E-state index contributed by atoms with van der Waals surface area (Å²) in [7, 11) is -1.09. The van der Waals surface area contributed by atoms with Crippen LogP contribution in [0, 0.1) is 0 Å². The summed E-state index contributed by atoms with van der Waals surface area (Å²) in [6.07, 6.45) is 2.69. The van der Waals surface area contributed by atoms with E-state index in [1.54, 1.807) is 0 Å². The van der Waals surface area contributed by atoms with Crippen LogP contribution in [0.5, 0.6) is 0 Å². The average molecular weight is 421 g/mol. The van der Waals surface area contributed by atoms with Crippen LogP contribution in [-0.2, 0) is 4.43 Å². The van der Waals surface area contributed by atoms with Gasteiger partial charge in [0.1, 0.15) is 0 Å². The van der Waals surface area contributed by atoms with Gasteiger partial charge in [-0.05, 0) is 25.6 Å². The Kier molecular flexibility index (Phi) is 8.66. The van der Waals surface area contributed by atoms with Crippen LogP contribution in [-0.4, -0.2) is 47.2 Å². The van der Waals surface area contributed by atoms with E-state index in [0.29, 0.717) is 0 Å². The van der Waals surface area contributed by atoms with Crippen LogP contribution in [0.3, 0.4) is 0 Å². The summed E-state index contributed by atoms with van der Waals surface area (Å²) in [5.41, 5.74) is 0. The quantitative estimate of drug-likeness (QED) is 0.363. The third-order valence-electron chi connectivity index (χ3n) is 3.49. The van der Waals surface area contributed by atoms with E-state index in [2.05, 4.69) is 13.1 Å². The fraction of sp³-hybridized carbons (Fsp3) is 1.00. The van der Waals surface area contributed by atoms with Crippen LogP contribution in [0.25, 0.3) is 0 Å². The highest BCUT2D eigenvalue weighted by Gasteiger charge is 2.46. The molecule has 8 heteroatoms. The largest absolute Gasteiger partial charge is 0.417 e. The Morgan fingerprint density at radius 3 is 1.20 bits per heavy atom. The van der Waals surface area contributed by atoms with Crippen molar-refractivity contribution in [2.45, 2.75) is 64.2 Å². The lowest BCUT2D eigenvalue weighted by molar-refractivity contribution is 0.275. The zero-order valence-electron chi connectivity index (χ0n) is 11.5. The minimum atomic E-state index is -1.09. The van der Waals surface area contributed by atoms with E-state index in [9.17, 15) is 0 Å². The van der Waals surface area contributed by atoms with Gasteiger partial charge in [-0.25, -0.2) is 0 Å². The Balaban J connectivity index is 0.000000217. The molecule has 1 aliphatic heterocycles. The number of alkyl halides is 6. The molecule has 2 rings (SSSR count). The molecule has 120 valence electrons. The average Bonchev–Trinajstić information content (AvgIpc) is 2.41. The molecule has 0 unspecified atom stereocenters. The molecule has 0 spiro atoms. The lowest BCUT2D eigenvalue weighted by Crippen LogP contribution is -2.52. The SMILES string of the molecule is C[Si]1(C)CCCCO1.Cl[C@H]1[C@H](Cl)[C@@H](Cl)[C@@H](Cl)[C@H](Cl)[C@H]1Cl. The van der Waals surface area contributed by atoms with Crippen molar-refractivity contribution < 1.29 is 4.43 Å². The van der Waals surface area contributed by atoms with E-state index in [4.69, 9.17) is 74.0 Å². The van der Waals surface area contributed by atoms with Gasteiger partial charge in [-0.2, -0.15) is 0 Å². The van der Waals surface area contributed by atoms with E-state index < -0.39 is 40.6 Å². The summed E-state index contributed by atoms with van der Waals surface area (Å²) in [5.74, 6) is 0. The standard InChI is InChI=1S/C6H6Cl6.C6H14OSi/c7-1-2(8)4(10)6(12)5(11)3(1)9;1-8(2)6-4-3-5-7-8/h1-6H;3-6H2,1-2H3/t1-,2-,3-,4+,5+,6+;. The van der Waals surface area contributed by atoms with Crippen molar-refractivity contribution in [2.24, 2.45) is 0 Å². The Bertz CT molecular complexity index is 239. The lowest BCUT2D eigenvalue weighted by atomic mass is 9.97. The molecule has 0 amide bonds. The maximum atomic E-state index is 5.88. The number of halogens is 6. The molecule has 1 saturated heterocycles. The van der Waals surface area contributed by atoms with Gasteiger partial charge in [0.2, 0.25) is 0 Å². The van der Waals surface area contributed by atoms with Gasteiger partial charge >= 0.3 is 0 Å². The predicted octanol–water partition coefficient (Wildman–Crippen LogP) is 5.65. The summed E-state index contributed by atoms with van der Waals surface area (Å²) >= 11 is 35.3. The van der Waals surface area contributed by atoms with Gasteiger partial charge < -0.3 is 4.43 Å². The molecule has 1 heterocycles. The lowest BCUT2D eigenvalue weighted by Gasteiger charge is -2.37. The van der Waals surface area contributed by atoms with Crippen molar-refractivity contribution in [3.63, 3.8) is 0 Å². The van der Waals surface area contributed by atoms with Crippen molar-refractivity contribution in [2.75, 3.05) is 6.61 Å². The van der Waals surface area contributed by atoms with Gasteiger partial charge in [0.05, 0.1) is 32.3 Å². The van der Waals surface area contributed by atoms with Crippen LogP contribution in [0.2, 0.25) is 19.1 Å². The Morgan fingerprint density at radius 2 is 1.05 bits per heavy atom. The summed E-state index contributed by atoms with van der Waals surface area (Å²) < 4.78 is 5.60. The van der Waals surface area contributed by atoms with Crippen LogP contribution >= 0.6 is 69.6 Å². The smallest absolute Gasteiger partial charge is 0.186 e. The van der Waals surface area contributed by atoms with E-state index in [-0.39, 0.29) is 0 Å². The Labute approximate surface area is 152 Å². The third kappa shape index (κ3) is 5.52. The van der Waals surface area contributed by atoms with Gasteiger partial charge in [-0.15, -0.1) is 69.6 Å². The molecule has 0 bridgehead atoms. The molecule has 20 heavy (non-hydrogen) atoms. The predicted molar refractivity (Wildman–Crippen MR) is 95.3 cm³/mol.